The van der Waals surface area contributed by atoms with Gasteiger partial charge in [0.05, 0.1) is 10.7 Å². The Bertz CT molecular complexity index is 665. The van der Waals surface area contributed by atoms with Crippen LogP contribution >= 0.6 is 11.3 Å². The average molecular weight is 355 g/mol. The Morgan fingerprint density at radius 3 is 2.48 bits per heavy atom. The van der Waals surface area contributed by atoms with Crippen LogP contribution in [0.2, 0.25) is 0 Å². The minimum absolute atomic E-state index is 0.738. The third kappa shape index (κ3) is 4.32. The molecule has 1 aliphatic heterocycles. The number of thiazole rings is 1. The van der Waals surface area contributed by atoms with E-state index in [-0.39, 0.29) is 0 Å². The van der Waals surface area contributed by atoms with Gasteiger partial charge >= 0.3 is 0 Å². The van der Waals surface area contributed by atoms with Gasteiger partial charge in [0.1, 0.15) is 0 Å². The highest BCUT2D eigenvalue weighted by Crippen LogP contribution is 2.36. The van der Waals surface area contributed by atoms with Crippen LogP contribution in [0.5, 0.6) is 0 Å². The average Bonchev–Trinajstić information content (AvgIpc) is 3.26. The van der Waals surface area contributed by atoms with Crippen LogP contribution in [0.4, 0.5) is 0 Å². The Balaban J connectivity index is 1.34. The number of rotatable bonds is 5. The third-order valence-corrected chi connectivity index (χ3v) is 7.34. The first kappa shape index (κ1) is 17.2. The van der Waals surface area contributed by atoms with E-state index in [4.69, 9.17) is 4.98 Å². The summed E-state index contributed by atoms with van der Waals surface area (Å²) in [6.45, 7) is 6.14. The summed E-state index contributed by atoms with van der Waals surface area (Å²) < 4.78 is 0. The molecule has 2 aliphatic rings. The number of piperidine rings is 1. The topological polar surface area (TPSA) is 16.1 Å². The van der Waals surface area contributed by atoms with Crippen LogP contribution in [0.1, 0.15) is 65.6 Å². The maximum atomic E-state index is 4.89. The van der Waals surface area contributed by atoms with Crippen LogP contribution in [-0.2, 0) is 6.42 Å². The van der Waals surface area contributed by atoms with Crippen molar-refractivity contribution in [1.29, 1.82) is 0 Å². The molecule has 2 aromatic rings. The van der Waals surface area contributed by atoms with E-state index in [0.29, 0.717) is 0 Å². The first-order valence-corrected chi connectivity index (χ1v) is 10.8. The Kier molecular flexibility index (Phi) is 5.52. The van der Waals surface area contributed by atoms with Gasteiger partial charge in [-0.3, -0.25) is 0 Å². The number of hydrogen-bond donors (Lipinski definition) is 0. The summed E-state index contributed by atoms with van der Waals surface area (Å²) in [5, 5.41) is 1.28. The fourth-order valence-corrected chi connectivity index (χ4v) is 5.90. The number of nitrogens with zero attached hydrogens (tertiary/aromatic N) is 2. The Morgan fingerprint density at radius 2 is 1.76 bits per heavy atom. The highest BCUT2D eigenvalue weighted by molar-refractivity contribution is 7.11. The minimum atomic E-state index is 0.738. The van der Waals surface area contributed by atoms with Crippen LogP contribution in [0.25, 0.3) is 0 Å². The van der Waals surface area contributed by atoms with Gasteiger partial charge in [0.2, 0.25) is 0 Å². The molecular formula is C22H30N2S. The zero-order chi connectivity index (χ0) is 17.1. The second-order valence-electron chi connectivity index (χ2n) is 7.95. The molecule has 1 aliphatic carbocycles. The van der Waals surface area contributed by atoms with Gasteiger partial charge in [-0.25, -0.2) is 4.98 Å². The molecule has 0 N–H and O–H groups in total. The number of benzene rings is 1. The van der Waals surface area contributed by atoms with Crippen molar-refractivity contribution in [2.45, 2.75) is 57.8 Å². The second kappa shape index (κ2) is 8.01. The fourth-order valence-electron chi connectivity index (χ4n) is 4.63. The molecule has 1 aromatic carbocycles. The predicted molar refractivity (Wildman–Crippen MR) is 106 cm³/mol. The van der Waals surface area contributed by atoms with E-state index in [1.807, 2.05) is 11.3 Å². The quantitative estimate of drug-likeness (QED) is 0.713. The molecule has 0 radical (unpaired) electrons. The van der Waals surface area contributed by atoms with Crippen molar-refractivity contribution < 1.29 is 0 Å². The zero-order valence-corrected chi connectivity index (χ0v) is 16.2. The number of aromatic nitrogens is 1. The summed E-state index contributed by atoms with van der Waals surface area (Å²) in [4.78, 5) is 9.18. The summed E-state index contributed by atoms with van der Waals surface area (Å²) in [7, 11) is 0. The fraction of sp³-hybridized carbons (Fsp3) is 0.591. The van der Waals surface area contributed by atoms with Gasteiger partial charge in [-0.2, -0.15) is 0 Å². The SMILES string of the molecule is Cc1nc(Cc2ccccc2)sc1C1CCN(CC2CCCC2)CC1. The van der Waals surface area contributed by atoms with Crippen molar-refractivity contribution in [2.24, 2.45) is 5.92 Å². The highest BCUT2D eigenvalue weighted by atomic mass is 32.1. The summed E-state index contributed by atoms with van der Waals surface area (Å²) in [6.07, 6.45) is 9.48. The Morgan fingerprint density at radius 1 is 1.04 bits per heavy atom. The minimum Gasteiger partial charge on any atom is -0.303 e. The van der Waals surface area contributed by atoms with Crippen LogP contribution < -0.4 is 0 Å². The largest absolute Gasteiger partial charge is 0.303 e. The lowest BCUT2D eigenvalue weighted by Gasteiger charge is -2.33. The molecular weight excluding hydrogens is 324 g/mol. The summed E-state index contributed by atoms with van der Waals surface area (Å²) in [6, 6.07) is 10.7. The molecule has 4 rings (SSSR count). The smallest absolute Gasteiger partial charge is 0.0974 e. The molecule has 2 heterocycles. The van der Waals surface area contributed by atoms with Crippen molar-refractivity contribution >= 4 is 11.3 Å². The van der Waals surface area contributed by atoms with Crippen LogP contribution in [0.3, 0.4) is 0 Å². The molecule has 0 amide bonds. The molecule has 1 saturated carbocycles. The van der Waals surface area contributed by atoms with Crippen LogP contribution in [0, 0.1) is 12.8 Å². The summed E-state index contributed by atoms with van der Waals surface area (Å²) in [5.74, 6) is 1.72. The van der Waals surface area contributed by atoms with Gasteiger partial charge in [-0.15, -0.1) is 11.3 Å². The van der Waals surface area contributed by atoms with Crippen LogP contribution in [-0.4, -0.2) is 29.5 Å². The van der Waals surface area contributed by atoms with Crippen molar-refractivity contribution in [3.05, 3.63) is 51.5 Å². The van der Waals surface area contributed by atoms with E-state index in [9.17, 15) is 0 Å². The van der Waals surface area contributed by atoms with Gasteiger partial charge in [-0.05, 0) is 63.1 Å². The van der Waals surface area contributed by atoms with E-state index in [0.717, 1.165) is 18.3 Å². The lowest BCUT2D eigenvalue weighted by atomic mass is 9.93. The molecule has 0 bridgehead atoms. The molecule has 134 valence electrons. The normalized spacial score (nSPS) is 20.4. The molecule has 3 heteroatoms. The van der Waals surface area contributed by atoms with Crippen molar-refractivity contribution in [3.8, 4) is 0 Å². The maximum absolute atomic E-state index is 4.89. The number of aryl methyl sites for hydroxylation is 1. The van der Waals surface area contributed by atoms with E-state index < -0.39 is 0 Å². The number of hydrogen-bond acceptors (Lipinski definition) is 3. The molecule has 2 fully saturated rings. The standard InChI is InChI=1S/C22H30N2S/c1-17-22(25-21(23-17)15-18-7-3-2-4-8-18)20-11-13-24(14-12-20)16-19-9-5-6-10-19/h2-4,7-8,19-20H,5-6,9-16H2,1H3. The number of likely N-dealkylation sites (tertiary alicyclic amines) is 1. The lowest BCUT2D eigenvalue weighted by Crippen LogP contribution is -2.36. The molecule has 1 saturated heterocycles. The molecule has 0 spiro atoms. The molecule has 0 atom stereocenters. The van der Waals surface area contributed by atoms with Gasteiger partial charge < -0.3 is 4.90 Å². The summed E-state index contributed by atoms with van der Waals surface area (Å²) in [5.41, 5.74) is 2.65. The van der Waals surface area contributed by atoms with Gasteiger partial charge in [-0.1, -0.05) is 43.2 Å². The molecule has 0 unspecified atom stereocenters. The first-order chi connectivity index (χ1) is 12.3. The predicted octanol–water partition coefficient (Wildman–Crippen LogP) is 5.41. The van der Waals surface area contributed by atoms with E-state index in [2.05, 4.69) is 42.2 Å². The molecule has 2 nitrogen and oxygen atoms in total. The second-order valence-corrected chi connectivity index (χ2v) is 9.06. The lowest BCUT2D eigenvalue weighted by molar-refractivity contribution is 0.184. The maximum Gasteiger partial charge on any atom is 0.0974 e. The molecule has 1 aromatic heterocycles. The third-order valence-electron chi connectivity index (χ3n) is 6.02. The Labute approximate surface area is 156 Å². The monoisotopic (exact) mass is 354 g/mol. The Hall–Kier alpha value is -1.19. The zero-order valence-electron chi connectivity index (χ0n) is 15.4. The van der Waals surface area contributed by atoms with E-state index in [1.54, 1.807) is 4.88 Å². The van der Waals surface area contributed by atoms with Gasteiger partial charge in [0.15, 0.2) is 0 Å². The highest BCUT2D eigenvalue weighted by Gasteiger charge is 2.26. The van der Waals surface area contributed by atoms with Crippen molar-refractivity contribution in [2.75, 3.05) is 19.6 Å². The van der Waals surface area contributed by atoms with Crippen LogP contribution in [0.15, 0.2) is 30.3 Å². The van der Waals surface area contributed by atoms with Gasteiger partial charge in [0.25, 0.3) is 0 Å². The first-order valence-electron chi connectivity index (χ1n) is 10.0. The van der Waals surface area contributed by atoms with E-state index >= 15 is 0 Å². The van der Waals surface area contributed by atoms with E-state index in [1.165, 1.54) is 74.4 Å². The summed E-state index contributed by atoms with van der Waals surface area (Å²) >= 11 is 1.97. The molecule has 25 heavy (non-hydrogen) atoms. The van der Waals surface area contributed by atoms with Crippen molar-refractivity contribution in [3.63, 3.8) is 0 Å². The van der Waals surface area contributed by atoms with Gasteiger partial charge in [0, 0.05) is 17.8 Å². The van der Waals surface area contributed by atoms with Crippen molar-refractivity contribution in [1.82, 2.24) is 9.88 Å².